The van der Waals surface area contributed by atoms with E-state index in [1.165, 1.54) is 32.3 Å². The predicted molar refractivity (Wildman–Crippen MR) is 114 cm³/mol. The Morgan fingerprint density at radius 1 is 1.17 bits per heavy atom. The number of rotatable bonds is 8. The van der Waals surface area contributed by atoms with Gasteiger partial charge in [0.2, 0.25) is 10.0 Å². The van der Waals surface area contributed by atoms with Crippen LogP contribution in [-0.2, 0) is 24.3 Å². The van der Waals surface area contributed by atoms with Crippen molar-refractivity contribution >= 4 is 50.9 Å². The summed E-state index contributed by atoms with van der Waals surface area (Å²) in [6.45, 7) is 3.13. The molecule has 1 heterocycles. The molecular weight excluding hydrogens is 452 g/mol. The molecule has 0 aliphatic heterocycles. The van der Waals surface area contributed by atoms with E-state index in [1.807, 2.05) is 19.9 Å². The number of aryl methyl sites for hydroxylation is 2. The van der Waals surface area contributed by atoms with Crippen LogP contribution in [0.15, 0.2) is 34.3 Å². The van der Waals surface area contributed by atoms with Crippen LogP contribution in [0, 0.1) is 13.8 Å². The van der Waals surface area contributed by atoms with E-state index in [0.717, 1.165) is 27.5 Å². The van der Waals surface area contributed by atoms with Crippen molar-refractivity contribution in [3.05, 3.63) is 40.7 Å². The van der Waals surface area contributed by atoms with Crippen molar-refractivity contribution in [3.8, 4) is 0 Å². The lowest BCUT2D eigenvalue weighted by Crippen LogP contribution is -2.24. The van der Waals surface area contributed by atoms with Gasteiger partial charge >= 0.3 is 5.97 Å². The summed E-state index contributed by atoms with van der Waals surface area (Å²) in [5.41, 5.74) is 1.78. The van der Waals surface area contributed by atoms with E-state index in [-0.39, 0.29) is 21.4 Å². The largest absolute Gasteiger partial charge is 0.455 e. The molecule has 12 heteroatoms. The van der Waals surface area contributed by atoms with Crippen LogP contribution < -0.4 is 5.32 Å². The molecule has 0 bridgehead atoms. The second kappa shape index (κ2) is 10.2. The first-order valence-corrected chi connectivity index (χ1v) is 11.4. The van der Waals surface area contributed by atoms with Gasteiger partial charge < -0.3 is 10.1 Å². The molecule has 0 saturated carbocycles. The lowest BCUT2D eigenvalue weighted by molar-refractivity contribution is -0.144. The van der Waals surface area contributed by atoms with E-state index < -0.39 is 28.5 Å². The molecule has 30 heavy (non-hydrogen) atoms. The zero-order valence-electron chi connectivity index (χ0n) is 16.8. The van der Waals surface area contributed by atoms with Crippen molar-refractivity contribution < 1.29 is 22.7 Å². The number of amides is 1. The highest BCUT2D eigenvalue weighted by atomic mass is 35.5. The van der Waals surface area contributed by atoms with Crippen LogP contribution in [0.25, 0.3) is 0 Å². The highest BCUT2D eigenvalue weighted by Crippen LogP contribution is 2.26. The van der Waals surface area contributed by atoms with Gasteiger partial charge in [0.05, 0.1) is 10.8 Å². The molecule has 1 N–H and O–H groups in total. The van der Waals surface area contributed by atoms with Crippen molar-refractivity contribution in [3.63, 3.8) is 0 Å². The normalized spacial score (nSPS) is 11.4. The van der Waals surface area contributed by atoms with E-state index >= 15 is 0 Å². The summed E-state index contributed by atoms with van der Waals surface area (Å²) >= 11 is 7.08. The number of nitrogens with one attached hydrogen (secondary N) is 1. The van der Waals surface area contributed by atoms with E-state index in [2.05, 4.69) is 15.3 Å². The van der Waals surface area contributed by atoms with Gasteiger partial charge in [-0.3, -0.25) is 9.59 Å². The summed E-state index contributed by atoms with van der Waals surface area (Å²) in [6, 6.07) is 5.87. The van der Waals surface area contributed by atoms with Crippen molar-refractivity contribution in [2.75, 3.05) is 31.8 Å². The number of ether oxygens (including phenoxy) is 1. The number of sulfonamides is 1. The molecule has 0 aliphatic rings. The van der Waals surface area contributed by atoms with Crippen molar-refractivity contribution in [1.82, 2.24) is 14.3 Å². The van der Waals surface area contributed by atoms with Gasteiger partial charge in [-0.15, -0.1) is 0 Å². The molecule has 1 aromatic heterocycles. The average molecular weight is 473 g/mol. The molecule has 0 aliphatic carbocycles. The number of aromatic nitrogens is 2. The summed E-state index contributed by atoms with van der Waals surface area (Å²) in [7, 11) is -1.04. The van der Waals surface area contributed by atoms with Crippen LogP contribution in [0.3, 0.4) is 0 Å². The second-order valence-electron chi connectivity index (χ2n) is 6.36. The first kappa shape index (κ1) is 24.1. The Hall–Kier alpha value is -2.21. The topological polar surface area (TPSA) is 119 Å². The third-order valence-corrected chi connectivity index (χ3v) is 6.74. The summed E-state index contributed by atoms with van der Waals surface area (Å²) in [5, 5.41) is 2.95. The van der Waals surface area contributed by atoms with Gasteiger partial charge in [-0.1, -0.05) is 23.4 Å². The van der Waals surface area contributed by atoms with Gasteiger partial charge in [0, 0.05) is 31.2 Å². The molecule has 0 unspecified atom stereocenters. The van der Waals surface area contributed by atoms with Crippen molar-refractivity contribution in [1.29, 1.82) is 0 Å². The lowest BCUT2D eigenvalue weighted by Gasteiger charge is -2.14. The smallest absolute Gasteiger partial charge is 0.316 e. The molecule has 1 amide bonds. The first-order valence-electron chi connectivity index (χ1n) is 8.61. The summed E-state index contributed by atoms with van der Waals surface area (Å²) < 4.78 is 30.5. The van der Waals surface area contributed by atoms with E-state index in [9.17, 15) is 18.0 Å². The van der Waals surface area contributed by atoms with Crippen molar-refractivity contribution in [2.45, 2.75) is 23.9 Å². The second-order valence-corrected chi connectivity index (χ2v) is 9.83. The number of hydrogen-bond donors (Lipinski definition) is 1. The lowest BCUT2D eigenvalue weighted by atomic mass is 10.3. The molecule has 0 spiro atoms. The Bertz CT molecular complexity index is 1040. The molecule has 0 radical (unpaired) electrons. The number of carbonyl (C=O) groups excluding carboxylic acids is 2. The maximum absolute atomic E-state index is 12.3. The quantitative estimate of drug-likeness (QED) is 0.353. The van der Waals surface area contributed by atoms with Gasteiger partial charge in [-0.05, 0) is 38.1 Å². The van der Waals surface area contributed by atoms with Gasteiger partial charge in [0.1, 0.15) is 4.90 Å². The molecular formula is C18H21ClN4O5S2. The number of thioether (sulfide) groups is 1. The molecule has 2 aromatic rings. The molecule has 2 rings (SSSR count). The third kappa shape index (κ3) is 6.66. The summed E-state index contributed by atoms with van der Waals surface area (Å²) in [5.74, 6) is -1.28. The average Bonchev–Trinajstić information content (AvgIpc) is 2.65. The number of halogens is 1. The fraction of sp³-hybridized carbons (Fsp3) is 0.333. The van der Waals surface area contributed by atoms with Gasteiger partial charge in [-0.25, -0.2) is 22.7 Å². The van der Waals surface area contributed by atoms with Gasteiger partial charge in [-0.2, -0.15) is 0 Å². The predicted octanol–water partition coefficient (Wildman–Crippen LogP) is 2.27. The summed E-state index contributed by atoms with van der Waals surface area (Å²) in [6.07, 6.45) is 0. The highest BCUT2D eigenvalue weighted by molar-refractivity contribution is 7.99. The molecule has 0 atom stereocenters. The summed E-state index contributed by atoms with van der Waals surface area (Å²) in [4.78, 5) is 32.2. The Kier molecular flexibility index (Phi) is 8.18. The van der Waals surface area contributed by atoms with Gasteiger partial charge in [0.25, 0.3) is 5.91 Å². The standard InChI is InChI=1S/C18H21ClN4O5S2/c1-11-7-12(2)21-18(20-11)29-10-17(25)28-9-16(24)22-13-5-6-14(19)15(8-13)30(26,27)23(3)4/h5-8H,9-10H2,1-4H3,(H,22,24). The monoisotopic (exact) mass is 472 g/mol. The molecule has 162 valence electrons. The first-order chi connectivity index (χ1) is 14.0. The molecule has 9 nitrogen and oxygen atoms in total. The fourth-order valence-corrected chi connectivity index (χ4v) is 4.38. The van der Waals surface area contributed by atoms with Crippen LogP contribution in [0.1, 0.15) is 11.4 Å². The minimum Gasteiger partial charge on any atom is -0.455 e. The number of carbonyl (C=O) groups is 2. The minimum absolute atomic E-state index is 0.0266. The molecule has 0 fully saturated rings. The van der Waals surface area contributed by atoms with Crippen LogP contribution in [0.4, 0.5) is 5.69 Å². The van der Waals surface area contributed by atoms with Crippen LogP contribution in [-0.4, -0.2) is 61.0 Å². The van der Waals surface area contributed by atoms with E-state index in [4.69, 9.17) is 16.3 Å². The van der Waals surface area contributed by atoms with E-state index in [1.54, 1.807) is 0 Å². The Morgan fingerprint density at radius 3 is 2.40 bits per heavy atom. The molecule has 0 saturated heterocycles. The van der Waals surface area contributed by atoms with Crippen molar-refractivity contribution in [2.24, 2.45) is 0 Å². The Labute approximate surface area is 184 Å². The highest BCUT2D eigenvalue weighted by Gasteiger charge is 2.21. The number of nitrogens with zero attached hydrogens (tertiary/aromatic N) is 3. The number of hydrogen-bond acceptors (Lipinski definition) is 8. The zero-order chi connectivity index (χ0) is 22.5. The fourth-order valence-electron chi connectivity index (χ4n) is 2.24. The Morgan fingerprint density at radius 2 is 1.80 bits per heavy atom. The number of anilines is 1. The SMILES string of the molecule is Cc1cc(C)nc(SCC(=O)OCC(=O)Nc2ccc(Cl)c(S(=O)(=O)N(C)C)c2)n1. The minimum atomic E-state index is -3.78. The number of benzene rings is 1. The van der Waals surface area contributed by atoms with E-state index in [0.29, 0.717) is 5.16 Å². The maximum atomic E-state index is 12.3. The molecule has 1 aromatic carbocycles. The Balaban J connectivity index is 1.91. The van der Waals surface area contributed by atoms with Crippen LogP contribution >= 0.6 is 23.4 Å². The maximum Gasteiger partial charge on any atom is 0.316 e. The van der Waals surface area contributed by atoms with Crippen LogP contribution in [0.5, 0.6) is 0 Å². The van der Waals surface area contributed by atoms with Gasteiger partial charge in [0.15, 0.2) is 11.8 Å². The zero-order valence-corrected chi connectivity index (χ0v) is 19.2. The van der Waals surface area contributed by atoms with Crippen LogP contribution in [0.2, 0.25) is 5.02 Å². The third-order valence-electron chi connectivity index (χ3n) is 3.62. The number of esters is 1.